The van der Waals surface area contributed by atoms with E-state index in [2.05, 4.69) is 17.6 Å². The molecule has 2 aromatic carbocycles. The van der Waals surface area contributed by atoms with Gasteiger partial charge in [0.05, 0.1) is 10.1 Å². The molecule has 1 aliphatic heterocycles. The molecular weight excluding hydrogens is 542 g/mol. The van der Waals surface area contributed by atoms with Gasteiger partial charge in [0.15, 0.2) is 9.84 Å². The Bertz CT molecular complexity index is 1130. The van der Waals surface area contributed by atoms with E-state index in [1.165, 1.54) is 37.8 Å². The number of benzene rings is 2. The van der Waals surface area contributed by atoms with Gasteiger partial charge in [-0.05, 0) is 74.2 Å². The molecule has 1 saturated heterocycles. The third kappa shape index (κ3) is 11.2. The van der Waals surface area contributed by atoms with Crippen LogP contribution >= 0.6 is 0 Å². The molecule has 0 spiro atoms. The maximum atomic E-state index is 13.2. The number of nitrogens with zero attached hydrogens (tertiary/aromatic N) is 1. The average molecular weight is 590 g/mol. The fourth-order valence-corrected chi connectivity index (χ4v) is 6.65. The Morgan fingerprint density at radius 1 is 0.976 bits per heavy atom. The summed E-state index contributed by atoms with van der Waals surface area (Å²) in [7, 11) is -3.46. The van der Waals surface area contributed by atoms with Gasteiger partial charge in [0.2, 0.25) is 0 Å². The van der Waals surface area contributed by atoms with Gasteiger partial charge >= 0.3 is 6.03 Å². The van der Waals surface area contributed by atoms with E-state index in [0.717, 1.165) is 18.4 Å². The van der Waals surface area contributed by atoms with E-state index in [1.807, 2.05) is 12.1 Å². The Morgan fingerprint density at radius 2 is 1.63 bits per heavy atom. The predicted octanol–water partition coefficient (Wildman–Crippen LogP) is 4.27. The van der Waals surface area contributed by atoms with Crippen molar-refractivity contribution in [2.45, 2.75) is 81.0 Å². The minimum Gasteiger partial charge on any atom is -0.508 e. The molecule has 0 radical (unpaired) electrons. The van der Waals surface area contributed by atoms with E-state index in [-0.39, 0.29) is 18.4 Å². The summed E-state index contributed by atoms with van der Waals surface area (Å²) in [4.78, 5) is 14.5. The molecule has 0 aromatic heterocycles. The Labute approximate surface area is 245 Å². The number of likely N-dealkylation sites (tertiary alicyclic amines) is 1. The molecule has 4 N–H and O–H groups in total. The molecule has 0 unspecified atom stereocenters. The van der Waals surface area contributed by atoms with Gasteiger partial charge in [-0.3, -0.25) is 0 Å². The van der Waals surface area contributed by atoms with E-state index < -0.39 is 21.2 Å². The van der Waals surface area contributed by atoms with Crippen molar-refractivity contribution in [1.82, 2.24) is 15.5 Å². The van der Waals surface area contributed by atoms with Gasteiger partial charge < -0.3 is 30.5 Å². The summed E-state index contributed by atoms with van der Waals surface area (Å²) in [5.41, 5.74) is 1.00. The Kier molecular flexibility index (Phi) is 13.7. The van der Waals surface area contributed by atoms with Gasteiger partial charge in [0.25, 0.3) is 0 Å². The zero-order valence-electron chi connectivity index (χ0n) is 24.3. The molecule has 1 fully saturated rings. The molecule has 0 saturated carbocycles. The van der Waals surface area contributed by atoms with Crippen LogP contribution in [0.25, 0.3) is 0 Å². The Morgan fingerprint density at radius 3 is 2.32 bits per heavy atom. The average Bonchev–Trinajstić information content (AvgIpc) is 2.99. The number of urea groups is 1. The minimum absolute atomic E-state index is 0.0928. The second kappa shape index (κ2) is 17.2. The first-order valence-electron chi connectivity index (χ1n) is 15.0. The van der Waals surface area contributed by atoms with Crippen LogP contribution in [0.4, 0.5) is 4.79 Å². The number of hydrogen-bond donors (Lipinski definition) is 4. The molecule has 41 heavy (non-hydrogen) atoms. The molecule has 0 aliphatic carbocycles. The van der Waals surface area contributed by atoms with E-state index in [1.54, 1.807) is 29.2 Å². The second-order valence-corrected chi connectivity index (χ2v) is 13.0. The number of phenolic OH excluding ortho intramolecular Hbond substituents is 1. The molecule has 228 valence electrons. The van der Waals surface area contributed by atoms with E-state index in [0.29, 0.717) is 62.6 Å². The van der Waals surface area contributed by atoms with Crippen LogP contribution in [0.2, 0.25) is 0 Å². The number of rotatable bonds is 17. The van der Waals surface area contributed by atoms with Crippen LogP contribution in [0.5, 0.6) is 11.5 Å². The summed E-state index contributed by atoms with van der Waals surface area (Å²) >= 11 is 0. The number of carbonyl (C=O) groups excluding carboxylic acids is 1. The van der Waals surface area contributed by atoms with Gasteiger partial charge in [-0.2, -0.15) is 0 Å². The summed E-state index contributed by atoms with van der Waals surface area (Å²) in [6.07, 6.45) is 7.93. The second-order valence-electron chi connectivity index (χ2n) is 10.8. The van der Waals surface area contributed by atoms with Crippen LogP contribution in [0, 0.1) is 0 Å². The number of sulfone groups is 1. The van der Waals surface area contributed by atoms with Crippen LogP contribution in [0.1, 0.15) is 63.9 Å². The highest BCUT2D eigenvalue weighted by atomic mass is 32.2. The monoisotopic (exact) mass is 589 g/mol. The lowest BCUT2D eigenvalue weighted by Crippen LogP contribution is -2.47. The van der Waals surface area contributed by atoms with Gasteiger partial charge in [-0.15, -0.1) is 0 Å². The largest absolute Gasteiger partial charge is 0.508 e. The van der Waals surface area contributed by atoms with Gasteiger partial charge in [-0.1, -0.05) is 51.2 Å². The maximum absolute atomic E-state index is 13.2. The molecule has 1 aliphatic rings. The van der Waals surface area contributed by atoms with E-state index >= 15 is 0 Å². The summed E-state index contributed by atoms with van der Waals surface area (Å²) in [5.74, 6) is 0.734. The van der Waals surface area contributed by atoms with Crippen molar-refractivity contribution in [2.24, 2.45) is 0 Å². The molecule has 1 heterocycles. The molecule has 1 atom stereocenters. The van der Waals surface area contributed by atoms with Gasteiger partial charge in [0, 0.05) is 26.2 Å². The maximum Gasteiger partial charge on any atom is 0.317 e. The number of nitrogens with one attached hydrogen (secondary N) is 2. The van der Waals surface area contributed by atoms with Crippen molar-refractivity contribution >= 4 is 15.9 Å². The smallest absolute Gasteiger partial charge is 0.317 e. The molecule has 3 rings (SSSR count). The number of amides is 2. The SMILES string of the molecule is CCCCCCCCNC(=O)N1CCC(S(=O)(=O)c2ccc(CCNC[C@H](O)COc3ccc(O)cc3)cc2)CC1. The number of unbranched alkanes of at least 4 members (excludes halogenated alkanes) is 5. The summed E-state index contributed by atoms with van der Waals surface area (Å²) in [5, 5.41) is 25.1. The fraction of sp³-hybridized carbons (Fsp3) is 0.581. The molecule has 9 nitrogen and oxygen atoms in total. The lowest BCUT2D eigenvalue weighted by atomic mass is 10.1. The number of aromatic hydroxyl groups is 1. The van der Waals surface area contributed by atoms with Crippen LogP contribution in [-0.4, -0.2) is 80.2 Å². The first kappa shape index (κ1) is 32.7. The number of ether oxygens (including phenoxy) is 1. The number of aliphatic hydroxyl groups is 1. The van der Waals surface area contributed by atoms with Crippen LogP contribution in [-0.2, 0) is 16.3 Å². The number of piperidine rings is 1. The van der Waals surface area contributed by atoms with Crippen LogP contribution < -0.4 is 15.4 Å². The Hall–Kier alpha value is -2.82. The highest BCUT2D eigenvalue weighted by Crippen LogP contribution is 2.25. The topological polar surface area (TPSA) is 128 Å². The third-order valence-corrected chi connectivity index (χ3v) is 9.75. The van der Waals surface area contributed by atoms with Gasteiger partial charge in [-0.25, -0.2) is 13.2 Å². The highest BCUT2D eigenvalue weighted by molar-refractivity contribution is 7.92. The zero-order chi connectivity index (χ0) is 29.5. The first-order valence-corrected chi connectivity index (χ1v) is 16.5. The third-order valence-electron chi connectivity index (χ3n) is 7.48. The van der Waals surface area contributed by atoms with Crippen molar-refractivity contribution in [2.75, 3.05) is 39.3 Å². The molecule has 0 bridgehead atoms. The highest BCUT2D eigenvalue weighted by Gasteiger charge is 2.32. The summed E-state index contributed by atoms with van der Waals surface area (Å²) in [6, 6.07) is 13.3. The predicted molar refractivity (Wildman–Crippen MR) is 161 cm³/mol. The number of aliphatic hydroxyl groups excluding tert-OH is 1. The van der Waals surface area contributed by atoms with Crippen molar-refractivity contribution in [3.8, 4) is 11.5 Å². The molecule has 2 aromatic rings. The lowest BCUT2D eigenvalue weighted by molar-refractivity contribution is 0.106. The van der Waals surface area contributed by atoms with E-state index in [4.69, 9.17) is 4.74 Å². The van der Waals surface area contributed by atoms with Crippen molar-refractivity contribution in [3.05, 3.63) is 54.1 Å². The van der Waals surface area contributed by atoms with Crippen molar-refractivity contribution in [3.63, 3.8) is 0 Å². The number of phenols is 1. The summed E-state index contributed by atoms with van der Waals surface area (Å²) < 4.78 is 32.0. The van der Waals surface area contributed by atoms with Crippen LogP contribution in [0.3, 0.4) is 0 Å². The molecular formula is C31H47N3O6S. The fourth-order valence-electron chi connectivity index (χ4n) is 4.92. The minimum atomic E-state index is -3.46. The number of carbonyl (C=O) groups is 1. The standard InChI is InChI=1S/C31H47N3O6S/c1-2-3-4-5-6-7-19-33-31(37)34-21-17-30(18-22-34)41(38,39)29-14-8-25(9-15-29)16-20-32-23-27(36)24-40-28-12-10-26(35)11-13-28/h8-15,27,30,32,35-36H,2-7,16-24H2,1H3,(H,33,37)/t27-/m0/s1. The Balaban J connectivity index is 1.33. The normalized spacial score (nSPS) is 15.0. The molecule has 2 amide bonds. The lowest BCUT2D eigenvalue weighted by Gasteiger charge is -2.31. The first-order chi connectivity index (χ1) is 19.8. The van der Waals surface area contributed by atoms with Crippen LogP contribution in [0.15, 0.2) is 53.4 Å². The molecule has 10 heteroatoms. The van der Waals surface area contributed by atoms with Gasteiger partial charge in [0.1, 0.15) is 24.2 Å². The van der Waals surface area contributed by atoms with Crippen molar-refractivity contribution in [1.29, 1.82) is 0 Å². The quantitative estimate of drug-likeness (QED) is 0.203. The van der Waals surface area contributed by atoms with Crippen molar-refractivity contribution < 1.29 is 28.2 Å². The summed E-state index contributed by atoms with van der Waals surface area (Å²) in [6.45, 7) is 4.88. The number of hydrogen-bond acceptors (Lipinski definition) is 7. The zero-order valence-corrected chi connectivity index (χ0v) is 25.1. The van der Waals surface area contributed by atoms with E-state index in [9.17, 15) is 23.4 Å².